The first-order valence-electron chi connectivity index (χ1n) is 9.97. The van der Waals surface area contributed by atoms with Gasteiger partial charge in [-0.05, 0) is 56.5 Å². The molecule has 0 bridgehead atoms. The number of fused-ring (bicyclic) bond motifs is 2. The summed E-state index contributed by atoms with van der Waals surface area (Å²) >= 11 is 0. The molecule has 4 rings (SSSR count). The fourth-order valence-corrected chi connectivity index (χ4v) is 3.67. The SMILES string of the molecule is Cc1cc(=O)oc2c(C)c(OC(C)C(=O)NCCc3c[nH]c4ccccc34)ccc12. The third-order valence-electron chi connectivity index (χ3n) is 5.36. The normalized spacial score (nSPS) is 12.2. The maximum atomic E-state index is 12.5. The van der Waals surface area contributed by atoms with Crippen molar-refractivity contribution in [1.29, 1.82) is 0 Å². The van der Waals surface area contributed by atoms with Crippen molar-refractivity contribution in [3.05, 3.63) is 75.8 Å². The highest BCUT2D eigenvalue weighted by Crippen LogP contribution is 2.28. The van der Waals surface area contributed by atoms with Gasteiger partial charge in [-0.15, -0.1) is 0 Å². The minimum Gasteiger partial charge on any atom is -0.480 e. The van der Waals surface area contributed by atoms with Crippen molar-refractivity contribution in [2.45, 2.75) is 33.3 Å². The van der Waals surface area contributed by atoms with Crippen LogP contribution in [-0.2, 0) is 11.2 Å². The number of hydrogen-bond acceptors (Lipinski definition) is 4. The largest absolute Gasteiger partial charge is 0.480 e. The molecule has 30 heavy (non-hydrogen) atoms. The average molecular weight is 404 g/mol. The molecular weight excluding hydrogens is 380 g/mol. The van der Waals surface area contributed by atoms with Crippen molar-refractivity contribution in [2.75, 3.05) is 6.54 Å². The Hall–Kier alpha value is -3.54. The van der Waals surface area contributed by atoms with Gasteiger partial charge in [-0.25, -0.2) is 4.79 Å². The molecule has 1 unspecified atom stereocenters. The van der Waals surface area contributed by atoms with Crippen molar-refractivity contribution in [2.24, 2.45) is 0 Å². The molecular formula is C24H24N2O4. The van der Waals surface area contributed by atoms with Crippen molar-refractivity contribution < 1.29 is 13.9 Å². The second-order valence-electron chi connectivity index (χ2n) is 7.47. The zero-order chi connectivity index (χ0) is 21.3. The number of carbonyl (C=O) groups is 1. The summed E-state index contributed by atoms with van der Waals surface area (Å²) in [5.74, 6) is 0.329. The molecule has 0 aliphatic rings. The molecule has 0 radical (unpaired) electrons. The van der Waals surface area contributed by atoms with Crippen LogP contribution in [0.25, 0.3) is 21.9 Å². The Bertz CT molecular complexity index is 1290. The fourth-order valence-electron chi connectivity index (χ4n) is 3.67. The number of nitrogens with one attached hydrogen (secondary N) is 2. The third kappa shape index (κ3) is 3.81. The van der Waals surface area contributed by atoms with Crippen LogP contribution in [0.2, 0.25) is 0 Å². The van der Waals surface area contributed by atoms with E-state index in [9.17, 15) is 9.59 Å². The number of aromatic amines is 1. The van der Waals surface area contributed by atoms with Gasteiger partial charge >= 0.3 is 5.63 Å². The molecule has 6 heteroatoms. The van der Waals surface area contributed by atoms with Crippen LogP contribution in [0.15, 0.2) is 57.9 Å². The Labute approximate surface area is 173 Å². The van der Waals surface area contributed by atoms with E-state index in [0.29, 0.717) is 23.4 Å². The Morgan fingerprint density at radius 2 is 1.97 bits per heavy atom. The minimum absolute atomic E-state index is 0.194. The average Bonchev–Trinajstić information content (AvgIpc) is 3.13. The predicted molar refractivity (Wildman–Crippen MR) is 117 cm³/mol. The van der Waals surface area contributed by atoms with Gasteiger partial charge in [-0.2, -0.15) is 0 Å². The zero-order valence-electron chi connectivity index (χ0n) is 17.2. The van der Waals surface area contributed by atoms with E-state index in [1.54, 1.807) is 13.0 Å². The van der Waals surface area contributed by atoms with Crippen LogP contribution in [-0.4, -0.2) is 23.5 Å². The molecule has 2 heterocycles. The molecule has 1 atom stereocenters. The quantitative estimate of drug-likeness (QED) is 0.476. The molecule has 4 aromatic rings. The maximum absolute atomic E-state index is 12.5. The molecule has 154 valence electrons. The lowest BCUT2D eigenvalue weighted by molar-refractivity contribution is -0.127. The summed E-state index contributed by atoms with van der Waals surface area (Å²) in [5.41, 5.74) is 3.89. The van der Waals surface area contributed by atoms with Gasteiger partial charge in [0.25, 0.3) is 5.91 Å². The standard InChI is InChI=1S/C24H24N2O4/c1-14-12-22(27)30-23-15(2)21(9-8-18(14)23)29-16(3)24(28)25-11-10-17-13-26-20-7-5-4-6-19(17)20/h4-9,12-13,16,26H,10-11H2,1-3H3,(H,25,28). The number of para-hydroxylation sites is 1. The van der Waals surface area contributed by atoms with E-state index in [0.717, 1.165) is 28.5 Å². The van der Waals surface area contributed by atoms with Crippen LogP contribution in [0.4, 0.5) is 0 Å². The Morgan fingerprint density at radius 1 is 1.17 bits per heavy atom. The number of hydrogen-bond donors (Lipinski definition) is 2. The first kappa shape index (κ1) is 19.8. The molecule has 2 N–H and O–H groups in total. The Kier molecular flexibility index (Phi) is 5.31. The van der Waals surface area contributed by atoms with Crippen LogP contribution in [0.1, 0.15) is 23.6 Å². The highest BCUT2D eigenvalue weighted by Gasteiger charge is 2.17. The number of carbonyl (C=O) groups excluding carboxylic acids is 1. The summed E-state index contributed by atoms with van der Waals surface area (Å²) in [7, 11) is 0. The summed E-state index contributed by atoms with van der Waals surface area (Å²) in [6, 6.07) is 13.2. The highest BCUT2D eigenvalue weighted by molar-refractivity contribution is 5.86. The number of amides is 1. The number of rotatable bonds is 6. The molecule has 0 aliphatic heterocycles. The van der Waals surface area contributed by atoms with Gasteiger partial charge in [0, 0.05) is 40.7 Å². The van der Waals surface area contributed by atoms with Gasteiger partial charge < -0.3 is 19.5 Å². The first-order valence-corrected chi connectivity index (χ1v) is 9.97. The van der Waals surface area contributed by atoms with Gasteiger partial charge in [0.1, 0.15) is 11.3 Å². The summed E-state index contributed by atoms with van der Waals surface area (Å²) in [5, 5.41) is 4.95. The van der Waals surface area contributed by atoms with Crippen LogP contribution in [0.5, 0.6) is 5.75 Å². The second kappa shape index (κ2) is 8.06. The van der Waals surface area contributed by atoms with E-state index >= 15 is 0 Å². The topological polar surface area (TPSA) is 84.3 Å². The summed E-state index contributed by atoms with van der Waals surface area (Å²) in [4.78, 5) is 27.5. The summed E-state index contributed by atoms with van der Waals surface area (Å²) in [6.07, 6.45) is 2.02. The van der Waals surface area contributed by atoms with E-state index in [1.807, 2.05) is 44.3 Å². The number of aromatic nitrogens is 1. The van der Waals surface area contributed by atoms with Crippen LogP contribution >= 0.6 is 0 Å². The minimum atomic E-state index is -0.680. The smallest absolute Gasteiger partial charge is 0.336 e. The van der Waals surface area contributed by atoms with E-state index in [4.69, 9.17) is 9.15 Å². The second-order valence-corrected chi connectivity index (χ2v) is 7.47. The van der Waals surface area contributed by atoms with E-state index < -0.39 is 11.7 Å². The lowest BCUT2D eigenvalue weighted by Crippen LogP contribution is -2.37. The van der Waals surface area contributed by atoms with E-state index in [1.165, 1.54) is 11.5 Å². The fraction of sp³-hybridized carbons (Fsp3) is 0.250. The molecule has 6 nitrogen and oxygen atoms in total. The van der Waals surface area contributed by atoms with Gasteiger partial charge in [0.05, 0.1) is 0 Å². The van der Waals surface area contributed by atoms with Crippen molar-refractivity contribution in [3.8, 4) is 5.75 Å². The molecule has 2 aromatic heterocycles. The predicted octanol–water partition coefficient (Wildman–Crippen LogP) is 4.02. The van der Waals surface area contributed by atoms with Crippen LogP contribution < -0.4 is 15.7 Å². The van der Waals surface area contributed by atoms with Gasteiger partial charge in [0.2, 0.25) is 0 Å². The lowest BCUT2D eigenvalue weighted by Gasteiger charge is -2.17. The number of aryl methyl sites for hydroxylation is 2. The first-order chi connectivity index (χ1) is 14.4. The summed E-state index contributed by atoms with van der Waals surface area (Å²) in [6.45, 7) is 5.90. The van der Waals surface area contributed by atoms with Crippen molar-refractivity contribution in [3.63, 3.8) is 0 Å². The lowest BCUT2D eigenvalue weighted by atomic mass is 10.1. The van der Waals surface area contributed by atoms with E-state index in [-0.39, 0.29) is 5.91 Å². The zero-order valence-corrected chi connectivity index (χ0v) is 17.2. The molecule has 0 spiro atoms. The number of benzene rings is 2. The highest BCUT2D eigenvalue weighted by atomic mass is 16.5. The van der Waals surface area contributed by atoms with E-state index in [2.05, 4.69) is 16.4 Å². The Morgan fingerprint density at radius 3 is 2.80 bits per heavy atom. The Balaban J connectivity index is 1.41. The summed E-state index contributed by atoms with van der Waals surface area (Å²) < 4.78 is 11.2. The molecule has 0 saturated heterocycles. The molecule has 1 amide bonds. The molecule has 0 fully saturated rings. The van der Waals surface area contributed by atoms with Crippen LogP contribution in [0.3, 0.4) is 0 Å². The maximum Gasteiger partial charge on any atom is 0.336 e. The molecule has 0 saturated carbocycles. The molecule has 0 aliphatic carbocycles. The van der Waals surface area contributed by atoms with Crippen LogP contribution in [0, 0.1) is 13.8 Å². The van der Waals surface area contributed by atoms with Crippen molar-refractivity contribution in [1.82, 2.24) is 10.3 Å². The molecule has 2 aromatic carbocycles. The van der Waals surface area contributed by atoms with Gasteiger partial charge in [-0.1, -0.05) is 18.2 Å². The monoisotopic (exact) mass is 404 g/mol. The third-order valence-corrected chi connectivity index (χ3v) is 5.36. The number of ether oxygens (including phenoxy) is 1. The van der Waals surface area contributed by atoms with Gasteiger partial charge in [0.15, 0.2) is 6.10 Å². The van der Waals surface area contributed by atoms with Gasteiger partial charge in [-0.3, -0.25) is 4.79 Å². The number of H-pyrrole nitrogens is 1. The van der Waals surface area contributed by atoms with Crippen molar-refractivity contribution >= 4 is 27.8 Å².